The minimum atomic E-state index is 0. The zero-order chi connectivity index (χ0) is 0. The molecule has 4 heteroatoms. The molecule has 0 nitrogen and oxygen atoms in total. The third-order valence-electron chi connectivity index (χ3n) is 0. The van der Waals surface area contributed by atoms with Crippen LogP contribution in [-0.2, 0) is 67.4 Å². The first-order valence-electron chi connectivity index (χ1n) is 0. The van der Waals surface area contributed by atoms with Crippen molar-refractivity contribution in [2.75, 3.05) is 0 Å². The molecule has 0 aliphatic rings. The van der Waals surface area contributed by atoms with Gasteiger partial charge < -0.3 is 0 Å². The minimum Gasteiger partial charge on any atom is 0 e. The van der Waals surface area contributed by atoms with Crippen molar-refractivity contribution in [1.29, 1.82) is 0 Å². The summed E-state index contributed by atoms with van der Waals surface area (Å²) >= 11 is 0. The molecular weight excluding hydrogens is 229 g/mol. The smallest absolute Gasteiger partial charge is 0 e. The van der Waals surface area contributed by atoms with Gasteiger partial charge in [0.1, 0.15) is 0 Å². The Morgan fingerprint density at radius 1 is 0.750 bits per heavy atom. The average molecular weight is 229 g/mol. The minimum absolute atomic E-state index is 0. The van der Waals surface area contributed by atoms with Gasteiger partial charge in [-0.15, -0.1) is 0 Å². The molecule has 0 atom stereocenters. The van der Waals surface area contributed by atoms with Crippen molar-refractivity contribution < 1.29 is 67.4 Å². The van der Waals surface area contributed by atoms with Crippen LogP contribution < -0.4 is 0 Å². The maximum atomic E-state index is 0. The monoisotopic (exact) mass is 229 g/mol. The fourth-order valence-corrected chi connectivity index (χ4v) is 0. The molecule has 0 aromatic rings. The number of hydrogen-bond donors (Lipinski definition) is 0. The Kier molecular flexibility index (Phi) is 182. The first-order valence-corrected chi connectivity index (χ1v) is 0. The Morgan fingerprint density at radius 2 is 0.750 bits per heavy atom. The molecule has 0 aromatic carbocycles. The van der Waals surface area contributed by atoms with Gasteiger partial charge in [0.15, 0.2) is 0 Å². The van der Waals surface area contributed by atoms with Crippen LogP contribution in [0.4, 0.5) is 0 Å². The largest absolute Gasteiger partial charge is 0 e. The maximum Gasteiger partial charge on any atom is 0 e. The van der Waals surface area contributed by atoms with E-state index in [0.717, 1.165) is 0 Å². The molecule has 0 saturated carbocycles. The molecule has 0 unspecified atom stereocenters. The van der Waals surface area contributed by atoms with Crippen LogP contribution in [0.3, 0.4) is 0 Å². The molecule has 0 saturated heterocycles. The van der Waals surface area contributed by atoms with Crippen LogP contribution in [0.15, 0.2) is 0 Å². The molecule has 0 spiro atoms. The van der Waals surface area contributed by atoms with Gasteiger partial charge in [-0.3, -0.25) is 0 Å². The van der Waals surface area contributed by atoms with Gasteiger partial charge in [-0.25, -0.2) is 0 Å². The van der Waals surface area contributed by atoms with Crippen LogP contribution in [-0.4, -0.2) is 0 Å². The molecule has 0 amide bonds. The summed E-state index contributed by atoms with van der Waals surface area (Å²) in [4.78, 5) is 0. The van der Waals surface area contributed by atoms with Crippen LogP contribution in [0.25, 0.3) is 0 Å². The van der Waals surface area contributed by atoms with Gasteiger partial charge in [0.2, 0.25) is 0 Å². The van der Waals surface area contributed by atoms with Crippen LogP contribution in [0, 0.1) is 0 Å². The first kappa shape index (κ1) is 36.9. The summed E-state index contributed by atoms with van der Waals surface area (Å²) in [6, 6.07) is 0. The second-order valence-corrected chi connectivity index (χ2v) is 0. The topological polar surface area (TPSA) is 0 Å². The van der Waals surface area contributed by atoms with E-state index >= 15 is 0 Å². The summed E-state index contributed by atoms with van der Waals surface area (Å²) in [6.07, 6.45) is 0. The molecule has 0 heterocycles. The number of rotatable bonds is 0. The van der Waals surface area contributed by atoms with E-state index < -0.39 is 0 Å². The van der Waals surface area contributed by atoms with Gasteiger partial charge in [-0.05, 0) is 0 Å². The van der Waals surface area contributed by atoms with Crippen molar-refractivity contribution in [3.63, 3.8) is 0 Å². The van der Waals surface area contributed by atoms with Crippen molar-refractivity contribution in [2.24, 2.45) is 0 Å². The van der Waals surface area contributed by atoms with E-state index in [4.69, 9.17) is 0 Å². The standard InChI is InChI=1S/Co.2Fe.Ni. The molecule has 0 aliphatic heterocycles. The predicted molar refractivity (Wildman–Crippen MR) is 0 cm³/mol. The Labute approximate surface area is 66.9 Å². The SMILES string of the molecule is [Co].[Fe].[Fe].[Ni]. The molecule has 4 heavy (non-hydrogen) atoms. The van der Waals surface area contributed by atoms with Crippen molar-refractivity contribution >= 4 is 0 Å². The second-order valence-electron chi connectivity index (χ2n) is 0. The third kappa shape index (κ3) is 8.97. The van der Waals surface area contributed by atoms with E-state index in [1.807, 2.05) is 0 Å². The van der Waals surface area contributed by atoms with Crippen LogP contribution in [0.5, 0.6) is 0 Å². The van der Waals surface area contributed by atoms with Crippen LogP contribution in [0.1, 0.15) is 0 Å². The van der Waals surface area contributed by atoms with Crippen molar-refractivity contribution in [3.8, 4) is 0 Å². The predicted octanol–water partition coefficient (Wildman–Crippen LogP) is -0.0100. The van der Waals surface area contributed by atoms with Gasteiger partial charge >= 0.3 is 0 Å². The molecule has 0 aliphatic carbocycles. The third-order valence-corrected chi connectivity index (χ3v) is 0. The summed E-state index contributed by atoms with van der Waals surface area (Å²) in [6.45, 7) is 0. The van der Waals surface area contributed by atoms with E-state index in [-0.39, 0.29) is 67.4 Å². The zero-order valence-corrected chi connectivity index (χ0v) is 5.59. The van der Waals surface area contributed by atoms with Gasteiger partial charge in [-0.2, -0.15) is 0 Å². The van der Waals surface area contributed by atoms with Gasteiger partial charge in [-0.1, -0.05) is 0 Å². The summed E-state index contributed by atoms with van der Waals surface area (Å²) in [5.41, 5.74) is 0. The fourth-order valence-electron chi connectivity index (χ4n) is 0. The van der Waals surface area contributed by atoms with Crippen molar-refractivity contribution in [3.05, 3.63) is 0 Å². The molecule has 0 bridgehead atoms. The maximum absolute atomic E-state index is 0. The van der Waals surface area contributed by atoms with E-state index in [9.17, 15) is 0 Å². The molecule has 1 radical (unpaired) electrons. The Balaban J connectivity index is 0. The van der Waals surface area contributed by atoms with Gasteiger partial charge in [0.05, 0.1) is 0 Å². The molecule has 35 valence electrons. The zero-order valence-electron chi connectivity index (χ0n) is 1.36. The summed E-state index contributed by atoms with van der Waals surface area (Å²) in [7, 11) is 0. The number of hydrogen-bond acceptors (Lipinski definition) is 0. The average Bonchev–Trinajstić information content (AvgIpc) is 0. The molecule has 0 N–H and O–H groups in total. The van der Waals surface area contributed by atoms with Crippen LogP contribution in [0.2, 0.25) is 0 Å². The molecular formula is CoFe2Ni. The summed E-state index contributed by atoms with van der Waals surface area (Å²) in [5.74, 6) is 0. The molecule has 0 aromatic heterocycles. The second kappa shape index (κ2) is 19.8. The normalized spacial score (nSPS) is 0. The summed E-state index contributed by atoms with van der Waals surface area (Å²) < 4.78 is 0. The molecule has 0 fully saturated rings. The van der Waals surface area contributed by atoms with Gasteiger partial charge in [0, 0.05) is 67.4 Å². The van der Waals surface area contributed by atoms with Gasteiger partial charge in [0.25, 0.3) is 0 Å². The Bertz CT molecular complexity index is 6.00. The fraction of sp³-hybridized carbons (Fsp3) is 0. The molecule has 0 rings (SSSR count). The Morgan fingerprint density at radius 3 is 0.750 bits per heavy atom. The van der Waals surface area contributed by atoms with E-state index in [0.29, 0.717) is 0 Å². The van der Waals surface area contributed by atoms with Crippen LogP contribution >= 0.6 is 0 Å². The van der Waals surface area contributed by atoms with E-state index in [1.165, 1.54) is 0 Å². The Hall–Kier alpha value is 2.04. The van der Waals surface area contributed by atoms with Crippen molar-refractivity contribution in [2.45, 2.75) is 0 Å². The van der Waals surface area contributed by atoms with Crippen molar-refractivity contribution in [1.82, 2.24) is 0 Å². The van der Waals surface area contributed by atoms with E-state index in [2.05, 4.69) is 0 Å². The first-order chi connectivity index (χ1) is 0. The summed E-state index contributed by atoms with van der Waals surface area (Å²) in [5, 5.41) is 0. The van der Waals surface area contributed by atoms with E-state index in [1.54, 1.807) is 0 Å². The quantitative estimate of drug-likeness (QED) is 0.513.